The molecule has 4 N–H and O–H groups in total. The zero-order chi connectivity index (χ0) is 23.9. The Morgan fingerprint density at radius 3 is 2.65 bits per heavy atom. The lowest BCUT2D eigenvalue weighted by molar-refractivity contribution is -0.130. The van der Waals surface area contributed by atoms with Crippen LogP contribution in [0.1, 0.15) is 24.8 Å². The van der Waals surface area contributed by atoms with E-state index < -0.39 is 12.1 Å². The molecule has 2 heterocycles. The van der Waals surface area contributed by atoms with Crippen molar-refractivity contribution in [3.8, 4) is 17.2 Å². The smallest absolute Gasteiger partial charge is 0.319 e. The first kappa shape index (κ1) is 23.7. The minimum absolute atomic E-state index is 0.135. The molecule has 34 heavy (non-hydrogen) atoms. The summed E-state index contributed by atoms with van der Waals surface area (Å²) in [4.78, 5) is 24.8. The maximum atomic E-state index is 12.5. The van der Waals surface area contributed by atoms with E-state index >= 15 is 0 Å². The molecule has 3 amide bonds. The largest absolute Gasteiger partial charge is 0.497 e. The Bertz CT molecular complexity index is 999. The lowest BCUT2D eigenvalue weighted by Gasteiger charge is -2.35. The van der Waals surface area contributed by atoms with Crippen LogP contribution in [-0.2, 0) is 16.1 Å². The molecule has 0 unspecified atom stereocenters. The van der Waals surface area contributed by atoms with Gasteiger partial charge in [-0.3, -0.25) is 4.79 Å². The van der Waals surface area contributed by atoms with Crippen molar-refractivity contribution in [3.05, 3.63) is 48.0 Å². The van der Waals surface area contributed by atoms with Crippen LogP contribution in [0.5, 0.6) is 17.2 Å². The van der Waals surface area contributed by atoms with E-state index in [0.717, 1.165) is 11.3 Å². The van der Waals surface area contributed by atoms with Crippen molar-refractivity contribution < 1.29 is 33.6 Å². The summed E-state index contributed by atoms with van der Waals surface area (Å²) in [6.07, 6.45) is 0.416. The van der Waals surface area contributed by atoms with E-state index in [9.17, 15) is 14.7 Å². The summed E-state index contributed by atoms with van der Waals surface area (Å²) >= 11 is 0. The summed E-state index contributed by atoms with van der Waals surface area (Å²) in [5, 5.41) is 18.3. The molecule has 10 heteroatoms. The van der Waals surface area contributed by atoms with E-state index in [2.05, 4.69) is 16.0 Å². The number of methoxy groups -OCH3 is 1. The Kier molecular flexibility index (Phi) is 7.71. The molecule has 2 aliphatic heterocycles. The van der Waals surface area contributed by atoms with Crippen molar-refractivity contribution in [1.82, 2.24) is 10.6 Å². The standard InChI is InChI=1S/C24H29N3O7/c1-31-17-5-2-15(3-6-17)12-25-23(29)11-18-7-8-19(22(13-28)34-18)27-24(30)26-16-4-9-20-21(10-16)33-14-32-20/h2-6,9-10,18-19,22,28H,7-8,11-14H2,1H3,(H,25,29)(H2,26,27,30)/t18-,19+,22-/m0/s1. The third-order valence-corrected chi connectivity index (χ3v) is 5.80. The predicted octanol–water partition coefficient (Wildman–Crippen LogP) is 2.16. The first-order chi connectivity index (χ1) is 16.5. The summed E-state index contributed by atoms with van der Waals surface area (Å²) in [7, 11) is 1.60. The summed E-state index contributed by atoms with van der Waals surface area (Å²) in [6, 6.07) is 11.8. The summed E-state index contributed by atoms with van der Waals surface area (Å²) < 4.78 is 21.6. The van der Waals surface area contributed by atoms with Crippen molar-refractivity contribution in [2.45, 2.75) is 44.1 Å². The number of fused-ring (bicyclic) bond motifs is 1. The van der Waals surface area contributed by atoms with E-state index in [1.165, 1.54) is 0 Å². The maximum absolute atomic E-state index is 12.5. The number of nitrogens with one attached hydrogen (secondary N) is 3. The van der Waals surface area contributed by atoms with Gasteiger partial charge in [-0.05, 0) is 42.7 Å². The van der Waals surface area contributed by atoms with Gasteiger partial charge in [0.25, 0.3) is 0 Å². The Morgan fingerprint density at radius 2 is 1.88 bits per heavy atom. The van der Waals surface area contributed by atoms with E-state index in [1.807, 2.05) is 24.3 Å². The highest BCUT2D eigenvalue weighted by molar-refractivity contribution is 5.90. The number of hydrogen-bond donors (Lipinski definition) is 4. The van der Waals surface area contributed by atoms with Crippen LogP contribution < -0.4 is 30.2 Å². The Labute approximate surface area is 197 Å². The average Bonchev–Trinajstić information content (AvgIpc) is 3.32. The van der Waals surface area contributed by atoms with Gasteiger partial charge in [0.1, 0.15) is 11.9 Å². The lowest BCUT2D eigenvalue weighted by atomic mass is 9.97. The molecule has 4 rings (SSSR count). The van der Waals surface area contributed by atoms with Gasteiger partial charge in [0.2, 0.25) is 12.7 Å². The third-order valence-electron chi connectivity index (χ3n) is 5.80. The van der Waals surface area contributed by atoms with Gasteiger partial charge in [0, 0.05) is 18.3 Å². The number of ether oxygens (including phenoxy) is 4. The van der Waals surface area contributed by atoms with Gasteiger partial charge in [0.15, 0.2) is 11.5 Å². The van der Waals surface area contributed by atoms with Crippen molar-refractivity contribution in [2.75, 3.05) is 25.8 Å². The normalized spacial score (nSPS) is 20.9. The molecule has 2 aromatic rings. The van der Waals surface area contributed by atoms with Crippen LogP contribution in [0.15, 0.2) is 42.5 Å². The minimum Gasteiger partial charge on any atom is -0.497 e. The Balaban J connectivity index is 1.22. The number of amides is 3. The number of aliphatic hydroxyl groups is 1. The number of carbonyl (C=O) groups is 2. The van der Waals surface area contributed by atoms with Crippen molar-refractivity contribution >= 4 is 17.6 Å². The molecule has 1 fully saturated rings. The van der Waals surface area contributed by atoms with Gasteiger partial charge in [-0.2, -0.15) is 0 Å². The number of carbonyl (C=O) groups excluding carboxylic acids is 2. The molecule has 1 saturated heterocycles. The highest BCUT2D eigenvalue weighted by Crippen LogP contribution is 2.34. The maximum Gasteiger partial charge on any atom is 0.319 e. The molecule has 0 aliphatic carbocycles. The van der Waals surface area contributed by atoms with Gasteiger partial charge in [-0.15, -0.1) is 0 Å². The van der Waals surface area contributed by atoms with Crippen molar-refractivity contribution in [2.24, 2.45) is 0 Å². The SMILES string of the molecule is COc1ccc(CNC(=O)C[C@@H]2CC[C@@H](NC(=O)Nc3ccc4c(c3)OCO4)[C@H](CO)O2)cc1. The molecule has 10 nitrogen and oxygen atoms in total. The second-order valence-electron chi connectivity index (χ2n) is 8.16. The zero-order valence-electron chi connectivity index (χ0n) is 18.9. The number of hydrogen-bond acceptors (Lipinski definition) is 7. The second kappa shape index (κ2) is 11.1. The summed E-state index contributed by atoms with van der Waals surface area (Å²) in [5.74, 6) is 1.82. The zero-order valence-corrected chi connectivity index (χ0v) is 18.9. The van der Waals surface area contributed by atoms with Gasteiger partial charge in [-0.1, -0.05) is 12.1 Å². The van der Waals surface area contributed by atoms with Crippen LogP contribution in [0.4, 0.5) is 10.5 Å². The highest BCUT2D eigenvalue weighted by Gasteiger charge is 2.33. The Morgan fingerprint density at radius 1 is 1.09 bits per heavy atom. The van der Waals surface area contributed by atoms with Crippen LogP contribution in [0.2, 0.25) is 0 Å². The average molecular weight is 472 g/mol. The van der Waals surface area contributed by atoms with E-state index in [4.69, 9.17) is 18.9 Å². The lowest BCUT2D eigenvalue weighted by Crippen LogP contribution is -2.52. The molecule has 3 atom stereocenters. The fourth-order valence-electron chi connectivity index (χ4n) is 3.98. The minimum atomic E-state index is -0.601. The van der Waals surface area contributed by atoms with Gasteiger partial charge < -0.3 is 40.0 Å². The van der Waals surface area contributed by atoms with Crippen molar-refractivity contribution in [3.63, 3.8) is 0 Å². The first-order valence-electron chi connectivity index (χ1n) is 11.2. The predicted molar refractivity (Wildman–Crippen MR) is 123 cm³/mol. The van der Waals surface area contributed by atoms with Crippen LogP contribution in [0.25, 0.3) is 0 Å². The van der Waals surface area contributed by atoms with Gasteiger partial charge in [-0.25, -0.2) is 4.79 Å². The monoisotopic (exact) mass is 471 g/mol. The molecular weight excluding hydrogens is 442 g/mol. The highest BCUT2D eigenvalue weighted by atomic mass is 16.7. The molecule has 0 radical (unpaired) electrons. The van der Waals surface area contributed by atoms with Gasteiger partial charge in [0.05, 0.1) is 32.3 Å². The quantitative estimate of drug-likeness (QED) is 0.465. The fourth-order valence-corrected chi connectivity index (χ4v) is 3.98. The topological polar surface area (TPSA) is 127 Å². The molecule has 2 aliphatic rings. The van der Waals surface area contributed by atoms with Crippen molar-refractivity contribution in [1.29, 1.82) is 0 Å². The van der Waals surface area contributed by atoms with Crippen LogP contribution >= 0.6 is 0 Å². The van der Waals surface area contributed by atoms with E-state index in [1.54, 1.807) is 25.3 Å². The number of aliphatic hydroxyl groups excluding tert-OH is 1. The summed E-state index contributed by atoms with van der Waals surface area (Å²) in [5.41, 5.74) is 1.52. The number of anilines is 1. The molecule has 0 spiro atoms. The third kappa shape index (κ3) is 6.09. The first-order valence-corrected chi connectivity index (χ1v) is 11.2. The molecule has 182 valence electrons. The molecular formula is C24H29N3O7. The molecule has 0 aromatic heterocycles. The second-order valence-corrected chi connectivity index (χ2v) is 8.16. The van der Waals surface area contributed by atoms with E-state index in [-0.39, 0.29) is 37.9 Å². The number of rotatable bonds is 8. The number of benzene rings is 2. The molecule has 2 aromatic carbocycles. The van der Waals surface area contributed by atoms with Gasteiger partial charge >= 0.3 is 6.03 Å². The summed E-state index contributed by atoms with van der Waals surface area (Å²) in [6.45, 7) is 0.297. The van der Waals surface area contributed by atoms with E-state index in [0.29, 0.717) is 36.6 Å². The Hall–Kier alpha value is -3.50. The van der Waals surface area contributed by atoms with Crippen LogP contribution in [0.3, 0.4) is 0 Å². The van der Waals surface area contributed by atoms with Crippen LogP contribution in [-0.4, -0.2) is 55.8 Å². The molecule has 0 bridgehead atoms. The molecule has 0 saturated carbocycles. The number of urea groups is 1. The fraction of sp³-hybridized carbons (Fsp3) is 0.417. The van der Waals surface area contributed by atoms with Crippen LogP contribution in [0, 0.1) is 0 Å².